The second kappa shape index (κ2) is 28.5. The van der Waals surface area contributed by atoms with Crippen molar-refractivity contribution < 1.29 is 85.8 Å². The molecule has 0 fully saturated rings. The summed E-state index contributed by atoms with van der Waals surface area (Å²) in [6, 6.07) is 56.2. The maximum absolute atomic E-state index is 15.6. The third-order valence-corrected chi connectivity index (χ3v) is 18.8. The number of fused-ring (bicyclic) bond motifs is 6. The Balaban J connectivity index is 0.998. The monoisotopic (exact) mass is 1400 g/mol. The van der Waals surface area contributed by atoms with Crippen LogP contribution in [0.15, 0.2) is 239 Å². The number of hydrogen-bond donors (Lipinski definition) is 2. The van der Waals surface area contributed by atoms with Gasteiger partial charge < -0.3 is 49.4 Å². The molecule has 7 aromatic carbocycles. The van der Waals surface area contributed by atoms with Crippen LogP contribution in [0, 0.1) is 0 Å². The van der Waals surface area contributed by atoms with Crippen molar-refractivity contribution in [2.75, 3.05) is 0 Å². The fraction of sp³-hybridized carbons (Fsp3) is 0.132. The van der Waals surface area contributed by atoms with E-state index in [4.69, 9.17) is 49.4 Å². The van der Waals surface area contributed by atoms with Crippen LogP contribution >= 0.6 is 22.7 Å². The number of hydrogen-bond acceptors (Lipinski definition) is 24. The van der Waals surface area contributed by atoms with Gasteiger partial charge in [0.2, 0.25) is 0 Å². The van der Waals surface area contributed by atoms with Gasteiger partial charge >= 0.3 is 47.3 Å². The molecule has 0 aliphatic carbocycles. The standard InChI is InChI=1S/C76H56N6O18S2/c1-43-59(77)65(83)81(73(91)97-41-49-29-17-7-18-30-49)67(85)61(43)79-57-35-53-63(101-57)51-33-56-52(34-55(51)99-75(53,69(87)93-37-45-21-9-3-10-22-45)70(88)94-38-46-23-11-4-12-24-46)64-54(76(100-56,71(89)95-39-47-25-13-5-14-26-47)72(90)96-40-48-27-15-6-16-28-48)36-58(102-64)80-62-44(2)60(78)66(84)82(68(62)86)74(92)98-42-50-31-19-8-20-32-50/h3-36H,37-42,77-78H2,1-2H3. The second-order valence-corrected chi connectivity index (χ2v) is 25.3. The molecule has 0 bridgehead atoms. The summed E-state index contributed by atoms with van der Waals surface area (Å²) in [5.41, 5.74) is 6.91. The molecular weight excluding hydrogens is 1350 g/mol. The quantitative estimate of drug-likeness (QED) is 0.0349. The number of nitrogens with two attached hydrogens (primary N) is 2. The number of carbonyl (C=O) groups excluding carboxylic acids is 10. The van der Waals surface area contributed by atoms with E-state index in [-0.39, 0.29) is 87.7 Å². The van der Waals surface area contributed by atoms with Crippen molar-refractivity contribution in [3.63, 3.8) is 0 Å². The minimum absolute atomic E-state index is 0.00298. The van der Waals surface area contributed by atoms with E-state index in [0.717, 1.165) is 22.7 Å². The molecule has 13 rings (SSSR count). The van der Waals surface area contributed by atoms with Gasteiger partial charge in [0.25, 0.3) is 23.6 Å². The first-order chi connectivity index (χ1) is 49.3. The molecule has 4 aliphatic rings. The van der Waals surface area contributed by atoms with Crippen LogP contribution in [0.3, 0.4) is 0 Å². The summed E-state index contributed by atoms with van der Waals surface area (Å²) >= 11 is 1.54. The Bertz CT molecular complexity index is 4610. The first kappa shape index (κ1) is 67.6. The van der Waals surface area contributed by atoms with Gasteiger partial charge in [-0.1, -0.05) is 182 Å². The largest absolute Gasteiger partial charge is 0.459 e. The average molecular weight is 1410 g/mol. The first-order valence-electron chi connectivity index (χ1n) is 31.3. The lowest BCUT2D eigenvalue weighted by atomic mass is 9.85. The fourth-order valence-electron chi connectivity index (χ4n) is 11.3. The average Bonchev–Trinajstić information content (AvgIpc) is 1.44. The lowest BCUT2D eigenvalue weighted by Gasteiger charge is -2.37. The van der Waals surface area contributed by atoms with Gasteiger partial charge in [-0.05, 0) is 71.5 Å². The molecule has 102 heavy (non-hydrogen) atoms. The zero-order valence-electron chi connectivity index (χ0n) is 54.0. The van der Waals surface area contributed by atoms with Crippen molar-refractivity contribution in [1.82, 2.24) is 9.80 Å². The molecule has 26 heteroatoms. The molecule has 0 saturated heterocycles. The van der Waals surface area contributed by atoms with Crippen LogP contribution in [0.25, 0.3) is 20.9 Å². The van der Waals surface area contributed by atoms with Crippen LogP contribution in [0.2, 0.25) is 0 Å². The van der Waals surface area contributed by atoms with E-state index in [1.807, 2.05) is 0 Å². The van der Waals surface area contributed by atoms with E-state index in [2.05, 4.69) is 9.98 Å². The van der Waals surface area contributed by atoms with Gasteiger partial charge in [-0.2, -0.15) is 9.80 Å². The van der Waals surface area contributed by atoms with Gasteiger partial charge in [-0.15, -0.1) is 22.7 Å². The third-order valence-electron chi connectivity index (χ3n) is 16.7. The molecule has 510 valence electrons. The van der Waals surface area contributed by atoms with Crippen molar-refractivity contribution in [2.45, 2.75) is 64.7 Å². The van der Waals surface area contributed by atoms with E-state index in [1.165, 1.54) is 38.1 Å². The molecule has 4 N–H and O–H groups in total. The molecule has 6 heterocycles. The summed E-state index contributed by atoms with van der Waals surface area (Å²) < 4.78 is 48.8. The maximum Gasteiger partial charge on any atom is 0.424 e. The Kier molecular flexibility index (Phi) is 18.9. The van der Waals surface area contributed by atoms with Crippen LogP contribution < -0.4 is 20.9 Å². The van der Waals surface area contributed by atoms with Crippen molar-refractivity contribution in [1.29, 1.82) is 0 Å². The smallest absolute Gasteiger partial charge is 0.424 e. The molecule has 0 radical (unpaired) electrons. The predicted molar refractivity (Wildman–Crippen MR) is 368 cm³/mol. The van der Waals surface area contributed by atoms with Crippen LogP contribution in [0.5, 0.6) is 11.5 Å². The number of aliphatic imine (C=N–C) groups is 2. The van der Waals surface area contributed by atoms with Gasteiger partial charge in [0.15, 0.2) is 0 Å². The Hall–Kier alpha value is -12.9. The Morgan fingerprint density at radius 3 is 0.902 bits per heavy atom. The highest BCUT2D eigenvalue weighted by atomic mass is 32.1. The van der Waals surface area contributed by atoms with E-state index in [0.29, 0.717) is 33.4 Å². The first-order valence-corrected chi connectivity index (χ1v) is 33.0. The summed E-state index contributed by atoms with van der Waals surface area (Å²) in [5.74, 6) is -10.6. The second-order valence-electron chi connectivity index (χ2n) is 23.3. The van der Waals surface area contributed by atoms with E-state index < -0.39 is 120 Å². The number of benzene rings is 7. The molecule has 0 atom stereocenters. The highest BCUT2D eigenvalue weighted by Gasteiger charge is 2.61. The van der Waals surface area contributed by atoms with Crippen molar-refractivity contribution in [3.05, 3.63) is 273 Å². The van der Waals surface area contributed by atoms with E-state index in [9.17, 15) is 28.8 Å². The topological polar surface area (TPSA) is 328 Å². The van der Waals surface area contributed by atoms with E-state index >= 15 is 19.2 Å². The van der Waals surface area contributed by atoms with Crippen molar-refractivity contribution in [2.24, 2.45) is 21.5 Å². The molecule has 0 unspecified atom stereocenters. The molecule has 2 aromatic heterocycles. The van der Waals surface area contributed by atoms with Gasteiger partial charge in [0.1, 0.15) is 84.0 Å². The molecule has 0 spiro atoms. The normalized spacial score (nSPS) is 15.6. The molecule has 0 saturated carbocycles. The number of thiophene rings is 2. The van der Waals surface area contributed by atoms with Gasteiger partial charge in [-0.25, -0.2) is 38.8 Å². The predicted octanol–water partition coefficient (Wildman–Crippen LogP) is 11.3. The number of amides is 6. The van der Waals surface area contributed by atoms with Gasteiger partial charge in [0.05, 0.1) is 0 Å². The Morgan fingerprint density at radius 1 is 0.382 bits per heavy atom. The van der Waals surface area contributed by atoms with E-state index in [1.54, 1.807) is 182 Å². The number of nitrogens with zero attached hydrogens (tertiary/aromatic N) is 4. The summed E-state index contributed by atoms with van der Waals surface area (Å²) in [6.07, 6.45) is -2.74. The van der Waals surface area contributed by atoms with Crippen LogP contribution in [0.4, 0.5) is 19.6 Å². The van der Waals surface area contributed by atoms with Crippen molar-refractivity contribution >= 4 is 104 Å². The van der Waals surface area contributed by atoms with Gasteiger partial charge in [0, 0.05) is 43.2 Å². The maximum atomic E-state index is 15.6. The summed E-state index contributed by atoms with van der Waals surface area (Å²) in [7, 11) is 0. The van der Waals surface area contributed by atoms with Crippen LogP contribution in [0.1, 0.15) is 58.4 Å². The molecule has 9 aromatic rings. The number of esters is 4. The lowest BCUT2D eigenvalue weighted by Crippen LogP contribution is -2.52. The number of carbonyl (C=O) groups is 10. The number of imide groups is 6. The zero-order valence-corrected chi connectivity index (χ0v) is 55.6. The molecule has 4 aliphatic heterocycles. The summed E-state index contributed by atoms with van der Waals surface area (Å²) in [4.78, 5) is 156. The third kappa shape index (κ3) is 13.0. The molecule has 24 nitrogen and oxygen atoms in total. The Labute approximate surface area is 588 Å². The fourth-order valence-corrected chi connectivity index (χ4v) is 13.5. The van der Waals surface area contributed by atoms with Crippen LogP contribution in [-0.2, 0) is 118 Å². The number of ether oxygens (including phenoxy) is 8. The van der Waals surface area contributed by atoms with Crippen LogP contribution in [-0.4, -0.2) is 80.9 Å². The summed E-state index contributed by atoms with van der Waals surface area (Å²) in [5, 5.41) is -0.318. The minimum Gasteiger partial charge on any atom is -0.459 e. The van der Waals surface area contributed by atoms with Gasteiger partial charge in [-0.3, -0.25) is 19.2 Å². The SMILES string of the molecule is CC1=C(N)C(=O)N(C(=O)OCc2ccccc2)C(=O)C1=Nc1cc2c(s1)-c1cc3c(cc1OC2(C(=O)OCc1ccccc1)C(=O)OCc1ccccc1)-c1sc(N=C2C(=O)N(C(=O)OCc4ccccc4)C(=O)C(N)=C2C)cc1C(C(=O)OCc1ccccc1)(C(=O)OCc1ccccc1)O3. The summed E-state index contributed by atoms with van der Waals surface area (Å²) in [6.45, 7) is 0.359. The van der Waals surface area contributed by atoms with Crippen molar-refractivity contribution in [3.8, 4) is 32.4 Å². The Morgan fingerprint density at radius 2 is 0.637 bits per heavy atom. The minimum atomic E-state index is -2.94. The molecule has 6 amide bonds. The highest BCUT2D eigenvalue weighted by Crippen LogP contribution is 2.59. The molecular formula is C76H56N6O18S2. The lowest BCUT2D eigenvalue weighted by molar-refractivity contribution is -0.185. The highest BCUT2D eigenvalue weighted by molar-refractivity contribution is 7.20. The zero-order chi connectivity index (χ0) is 71.4. The number of rotatable bonds is 18.